The molecule has 1 aromatic carbocycles. The Bertz CT molecular complexity index is 558. The minimum absolute atomic E-state index is 0.0162. The standard InChI is InChI=1S/C16H21N3O2/c1-19-10-12(8-15(19)20)16(21)18-9-14-13-5-3-2-4-11(13)6-7-17-14/h2-5,12,14,17H,6-10H2,1H3,(H,18,21). The van der Waals surface area contributed by atoms with Gasteiger partial charge in [0.1, 0.15) is 0 Å². The molecular weight excluding hydrogens is 266 g/mol. The average molecular weight is 287 g/mol. The third-order valence-corrected chi connectivity index (χ3v) is 4.41. The van der Waals surface area contributed by atoms with Gasteiger partial charge >= 0.3 is 0 Å². The summed E-state index contributed by atoms with van der Waals surface area (Å²) in [5.41, 5.74) is 2.62. The molecule has 1 saturated heterocycles. The van der Waals surface area contributed by atoms with Crippen molar-refractivity contribution in [2.45, 2.75) is 18.9 Å². The van der Waals surface area contributed by atoms with Crippen LogP contribution in [0.2, 0.25) is 0 Å². The molecule has 1 aromatic rings. The Morgan fingerprint density at radius 3 is 3.00 bits per heavy atom. The lowest BCUT2D eigenvalue weighted by atomic mass is 9.94. The Morgan fingerprint density at radius 1 is 1.43 bits per heavy atom. The van der Waals surface area contributed by atoms with Crippen LogP contribution in [0.4, 0.5) is 0 Å². The molecule has 0 bridgehead atoms. The summed E-state index contributed by atoms with van der Waals surface area (Å²) in [5, 5.41) is 6.44. The number of fused-ring (bicyclic) bond motifs is 1. The zero-order valence-electron chi connectivity index (χ0n) is 12.3. The smallest absolute Gasteiger partial charge is 0.225 e. The van der Waals surface area contributed by atoms with E-state index in [9.17, 15) is 9.59 Å². The molecule has 5 heteroatoms. The van der Waals surface area contributed by atoms with Gasteiger partial charge in [0.05, 0.1) is 5.92 Å². The van der Waals surface area contributed by atoms with Crippen molar-refractivity contribution in [3.05, 3.63) is 35.4 Å². The van der Waals surface area contributed by atoms with Crippen LogP contribution in [-0.4, -0.2) is 43.4 Å². The van der Waals surface area contributed by atoms with Crippen molar-refractivity contribution < 1.29 is 9.59 Å². The Morgan fingerprint density at radius 2 is 2.24 bits per heavy atom. The second kappa shape index (κ2) is 5.85. The van der Waals surface area contributed by atoms with E-state index in [-0.39, 0.29) is 23.8 Å². The first-order chi connectivity index (χ1) is 10.1. The van der Waals surface area contributed by atoms with Gasteiger partial charge in [0, 0.05) is 32.6 Å². The van der Waals surface area contributed by atoms with Crippen molar-refractivity contribution in [1.29, 1.82) is 0 Å². The van der Waals surface area contributed by atoms with Crippen LogP contribution >= 0.6 is 0 Å². The Hall–Kier alpha value is -1.88. The molecule has 2 unspecified atom stereocenters. The minimum atomic E-state index is -0.207. The first-order valence-electron chi connectivity index (χ1n) is 7.48. The third kappa shape index (κ3) is 2.93. The summed E-state index contributed by atoms with van der Waals surface area (Å²) in [4.78, 5) is 25.3. The summed E-state index contributed by atoms with van der Waals surface area (Å²) in [6.45, 7) is 2.03. The number of hydrogen-bond acceptors (Lipinski definition) is 3. The van der Waals surface area contributed by atoms with Crippen molar-refractivity contribution in [3.63, 3.8) is 0 Å². The largest absolute Gasteiger partial charge is 0.354 e. The maximum absolute atomic E-state index is 12.2. The van der Waals surface area contributed by atoms with Crippen molar-refractivity contribution >= 4 is 11.8 Å². The molecule has 1 fully saturated rings. The molecule has 2 aliphatic heterocycles. The molecule has 21 heavy (non-hydrogen) atoms. The van der Waals surface area contributed by atoms with Crippen LogP contribution in [0, 0.1) is 5.92 Å². The van der Waals surface area contributed by atoms with E-state index in [0.29, 0.717) is 19.5 Å². The molecule has 5 nitrogen and oxygen atoms in total. The van der Waals surface area contributed by atoms with Crippen LogP contribution in [0.15, 0.2) is 24.3 Å². The van der Waals surface area contributed by atoms with E-state index in [1.807, 2.05) is 6.07 Å². The first-order valence-corrected chi connectivity index (χ1v) is 7.48. The number of amides is 2. The summed E-state index contributed by atoms with van der Waals surface area (Å²) in [7, 11) is 1.74. The van der Waals surface area contributed by atoms with Crippen LogP contribution in [0.3, 0.4) is 0 Å². The van der Waals surface area contributed by atoms with Gasteiger partial charge in [0.15, 0.2) is 0 Å². The van der Waals surface area contributed by atoms with Gasteiger partial charge in [-0.05, 0) is 24.1 Å². The number of carbonyl (C=O) groups is 2. The first kappa shape index (κ1) is 14.1. The lowest BCUT2D eigenvalue weighted by Gasteiger charge is -2.27. The fourth-order valence-electron chi connectivity index (χ4n) is 3.16. The molecule has 2 atom stereocenters. The van der Waals surface area contributed by atoms with Gasteiger partial charge in [0.25, 0.3) is 0 Å². The molecule has 0 aromatic heterocycles. The molecule has 2 amide bonds. The predicted octanol–water partition coefficient (Wildman–Crippen LogP) is 0.468. The second-order valence-corrected chi connectivity index (χ2v) is 5.88. The highest BCUT2D eigenvalue weighted by Gasteiger charge is 2.32. The van der Waals surface area contributed by atoms with E-state index in [4.69, 9.17) is 0 Å². The van der Waals surface area contributed by atoms with Gasteiger partial charge in [-0.1, -0.05) is 24.3 Å². The van der Waals surface area contributed by atoms with Crippen LogP contribution in [-0.2, 0) is 16.0 Å². The van der Waals surface area contributed by atoms with E-state index < -0.39 is 0 Å². The quantitative estimate of drug-likeness (QED) is 0.849. The number of likely N-dealkylation sites (tertiary alicyclic amines) is 1. The van der Waals surface area contributed by atoms with Crippen LogP contribution in [0.1, 0.15) is 23.6 Å². The summed E-state index contributed by atoms with van der Waals surface area (Å²) in [6, 6.07) is 8.51. The molecule has 0 saturated carbocycles. The number of nitrogens with zero attached hydrogens (tertiary/aromatic N) is 1. The number of rotatable bonds is 3. The zero-order chi connectivity index (χ0) is 14.8. The van der Waals surface area contributed by atoms with Crippen molar-refractivity contribution in [2.24, 2.45) is 5.92 Å². The number of nitrogens with one attached hydrogen (secondary N) is 2. The fourth-order valence-corrected chi connectivity index (χ4v) is 3.16. The van der Waals surface area contributed by atoms with Gasteiger partial charge in [-0.25, -0.2) is 0 Å². The van der Waals surface area contributed by atoms with Crippen LogP contribution < -0.4 is 10.6 Å². The second-order valence-electron chi connectivity index (χ2n) is 5.88. The van der Waals surface area contributed by atoms with Crippen LogP contribution in [0.25, 0.3) is 0 Å². The molecule has 2 heterocycles. The normalized spacial score (nSPS) is 24.8. The SMILES string of the molecule is CN1CC(C(=O)NCC2NCCc3ccccc32)CC1=O. The van der Waals surface area contributed by atoms with E-state index in [1.54, 1.807) is 11.9 Å². The van der Waals surface area contributed by atoms with E-state index in [0.717, 1.165) is 13.0 Å². The molecule has 0 aliphatic carbocycles. The van der Waals surface area contributed by atoms with E-state index in [1.165, 1.54) is 11.1 Å². The highest BCUT2D eigenvalue weighted by molar-refractivity contribution is 5.89. The lowest BCUT2D eigenvalue weighted by Crippen LogP contribution is -2.41. The van der Waals surface area contributed by atoms with Gasteiger partial charge in [0.2, 0.25) is 11.8 Å². The van der Waals surface area contributed by atoms with Gasteiger partial charge in [-0.2, -0.15) is 0 Å². The van der Waals surface area contributed by atoms with Crippen molar-refractivity contribution in [3.8, 4) is 0 Å². The van der Waals surface area contributed by atoms with Crippen molar-refractivity contribution in [1.82, 2.24) is 15.5 Å². The van der Waals surface area contributed by atoms with Gasteiger partial charge < -0.3 is 15.5 Å². The topological polar surface area (TPSA) is 61.4 Å². The zero-order valence-corrected chi connectivity index (χ0v) is 12.3. The Labute approximate surface area is 124 Å². The summed E-state index contributed by atoms with van der Waals surface area (Å²) in [6.07, 6.45) is 1.36. The number of carbonyl (C=O) groups excluding carboxylic acids is 2. The molecule has 112 valence electrons. The highest BCUT2D eigenvalue weighted by atomic mass is 16.2. The third-order valence-electron chi connectivity index (χ3n) is 4.41. The lowest BCUT2D eigenvalue weighted by molar-refractivity contribution is -0.128. The fraction of sp³-hybridized carbons (Fsp3) is 0.500. The minimum Gasteiger partial charge on any atom is -0.354 e. The monoisotopic (exact) mass is 287 g/mol. The maximum atomic E-state index is 12.2. The molecule has 3 rings (SSSR count). The highest BCUT2D eigenvalue weighted by Crippen LogP contribution is 2.22. The molecular formula is C16H21N3O2. The molecule has 2 aliphatic rings. The summed E-state index contributed by atoms with van der Waals surface area (Å²) in [5.74, 6) is -0.171. The van der Waals surface area contributed by atoms with Crippen molar-refractivity contribution in [2.75, 3.05) is 26.7 Å². The molecule has 2 N–H and O–H groups in total. The molecule has 0 spiro atoms. The predicted molar refractivity (Wildman–Crippen MR) is 79.6 cm³/mol. The van der Waals surface area contributed by atoms with E-state index >= 15 is 0 Å². The summed E-state index contributed by atoms with van der Waals surface area (Å²) < 4.78 is 0. The Balaban J connectivity index is 1.59. The number of benzene rings is 1. The van der Waals surface area contributed by atoms with Gasteiger partial charge in [-0.15, -0.1) is 0 Å². The maximum Gasteiger partial charge on any atom is 0.225 e. The summed E-state index contributed by atoms with van der Waals surface area (Å²) >= 11 is 0. The molecule has 0 radical (unpaired) electrons. The van der Waals surface area contributed by atoms with Crippen LogP contribution in [0.5, 0.6) is 0 Å². The van der Waals surface area contributed by atoms with Gasteiger partial charge in [-0.3, -0.25) is 9.59 Å². The average Bonchev–Trinajstić information content (AvgIpc) is 2.84. The Kier molecular flexibility index (Phi) is 3.92. The van der Waals surface area contributed by atoms with E-state index in [2.05, 4.69) is 28.8 Å². The number of hydrogen-bond donors (Lipinski definition) is 2.